The highest BCUT2D eigenvalue weighted by molar-refractivity contribution is 5.96. The van der Waals surface area contributed by atoms with Crippen LogP contribution in [0.3, 0.4) is 0 Å². The first-order valence-corrected chi connectivity index (χ1v) is 12.9. The van der Waals surface area contributed by atoms with E-state index in [1.165, 1.54) is 6.07 Å². The third-order valence-corrected chi connectivity index (χ3v) is 6.90. The minimum atomic E-state index is -0.145. The van der Waals surface area contributed by atoms with Gasteiger partial charge in [0.1, 0.15) is 23.4 Å². The number of nitrogens with zero attached hydrogens (tertiary/aromatic N) is 6. The summed E-state index contributed by atoms with van der Waals surface area (Å²) in [4.78, 5) is 25.9. The Morgan fingerprint density at radius 2 is 1.82 bits per heavy atom. The van der Waals surface area contributed by atoms with E-state index in [0.29, 0.717) is 48.9 Å². The maximum Gasteiger partial charge on any atom is 0.257 e. The smallest absolute Gasteiger partial charge is 0.257 e. The predicted molar refractivity (Wildman–Crippen MR) is 146 cm³/mol. The van der Waals surface area contributed by atoms with E-state index in [0.717, 1.165) is 35.9 Å². The number of piperazine rings is 1. The number of imidazole rings is 1. The molecule has 2 aromatic carbocycles. The van der Waals surface area contributed by atoms with Crippen molar-refractivity contribution in [2.45, 2.75) is 26.9 Å². The van der Waals surface area contributed by atoms with Gasteiger partial charge in [0.2, 0.25) is 5.88 Å². The second-order valence-corrected chi connectivity index (χ2v) is 9.63. The van der Waals surface area contributed by atoms with Gasteiger partial charge >= 0.3 is 0 Å². The molecule has 1 amide bonds. The van der Waals surface area contributed by atoms with Crippen molar-refractivity contribution in [3.05, 3.63) is 101 Å². The molecule has 0 unspecified atom stereocenters. The molecule has 2 aromatic heterocycles. The van der Waals surface area contributed by atoms with Crippen LogP contribution in [0.1, 0.15) is 38.7 Å². The van der Waals surface area contributed by atoms with Crippen LogP contribution in [-0.4, -0.2) is 61.5 Å². The van der Waals surface area contributed by atoms with Crippen LogP contribution in [0.5, 0.6) is 17.4 Å². The number of aromatic hydroxyl groups is 1. The van der Waals surface area contributed by atoms with E-state index in [4.69, 9.17) is 4.74 Å². The van der Waals surface area contributed by atoms with Crippen LogP contribution in [0.4, 0.5) is 0 Å². The second-order valence-electron chi connectivity index (χ2n) is 9.63. The van der Waals surface area contributed by atoms with Gasteiger partial charge in [-0.15, -0.1) is 0 Å². The predicted octanol–water partition coefficient (Wildman–Crippen LogP) is 4.27. The van der Waals surface area contributed by atoms with Crippen molar-refractivity contribution < 1.29 is 14.6 Å². The number of carbonyl (C=O) groups is 1. The van der Waals surface area contributed by atoms with Crippen molar-refractivity contribution in [3.63, 3.8) is 0 Å². The molecule has 1 aliphatic rings. The number of phenols is 1. The van der Waals surface area contributed by atoms with E-state index < -0.39 is 0 Å². The van der Waals surface area contributed by atoms with Crippen LogP contribution in [-0.2, 0) is 13.1 Å². The lowest BCUT2D eigenvalue weighted by molar-refractivity contribution is 0.0623. The normalized spacial score (nSPS) is 13.7. The van der Waals surface area contributed by atoms with E-state index in [1.54, 1.807) is 35.2 Å². The summed E-state index contributed by atoms with van der Waals surface area (Å²) in [7, 11) is 0. The fourth-order valence-corrected chi connectivity index (χ4v) is 4.73. The summed E-state index contributed by atoms with van der Waals surface area (Å²) in [6.07, 6.45) is 1.90. The number of rotatable bonds is 7. The van der Waals surface area contributed by atoms with Crippen molar-refractivity contribution >= 4 is 5.91 Å². The van der Waals surface area contributed by atoms with Crippen molar-refractivity contribution in [2.75, 3.05) is 26.2 Å². The molecule has 0 atom stereocenters. The molecule has 1 aliphatic heterocycles. The highest BCUT2D eigenvalue weighted by atomic mass is 16.5. The number of hydrogen-bond acceptors (Lipinski definition) is 7. The second kappa shape index (κ2) is 11.4. The van der Waals surface area contributed by atoms with Crippen molar-refractivity contribution in [1.29, 1.82) is 5.26 Å². The Kier molecular flexibility index (Phi) is 7.57. The summed E-state index contributed by atoms with van der Waals surface area (Å²) < 4.78 is 8.14. The van der Waals surface area contributed by atoms with Crippen LogP contribution >= 0.6 is 0 Å². The summed E-state index contributed by atoms with van der Waals surface area (Å²) >= 11 is 0. The van der Waals surface area contributed by atoms with Crippen molar-refractivity contribution in [3.8, 4) is 23.4 Å². The molecule has 0 bridgehead atoms. The Hall–Kier alpha value is -4.68. The first-order valence-electron chi connectivity index (χ1n) is 12.9. The Labute approximate surface area is 227 Å². The highest BCUT2D eigenvalue weighted by Gasteiger charge is 2.24. The van der Waals surface area contributed by atoms with Crippen LogP contribution < -0.4 is 4.74 Å². The van der Waals surface area contributed by atoms with Gasteiger partial charge in [-0.3, -0.25) is 9.69 Å². The topological polar surface area (TPSA) is 108 Å². The zero-order valence-corrected chi connectivity index (χ0v) is 22.0. The fraction of sp³-hybridized carbons (Fsp3) is 0.267. The molecule has 9 nitrogen and oxygen atoms in total. The van der Waals surface area contributed by atoms with Crippen molar-refractivity contribution in [1.82, 2.24) is 24.3 Å². The number of pyridine rings is 1. The number of para-hydroxylation sites is 1. The quantitative estimate of drug-likeness (QED) is 0.386. The molecule has 1 saturated heterocycles. The van der Waals surface area contributed by atoms with E-state index in [1.807, 2.05) is 44.3 Å². The molecule has 39 heavy (non-hydrogen) atoms. The standard InChI is InChI=1S/C30H30N6O3/c1-21-6-5-9-29(33-21)39-28-16-23(10-11-24(28)17-31)19-36-22(2)32-18-25(36)20-34-12-14-35(15-13-34)30(38)26-7-3-4-8-27(26)37/h3-11,16,18,37H,12-15,19-20H2,1-2H3. The number of amides is 1. The number of benzene rings is 2. The van der Waals surface area contributed by atoms with Gasteiger partial charge < -0.3 is 19.3 Å². The Morgan fingerprint density at radius 1 is 1.03 bits per heavy atom. The molecule has 9 heteroatoms. The average molecular weight is 523 g/mol. The molecule has 3 heterocycles. The molecule has 0 saturated carbocycles. The number of aryl methyl sites for hydroxylation is 2. The number of ether oxygens (including phenoxy) is 1. The molecular formula is C30H30N6O3. The van der Waals surface area contributed by atoms with Crippen molar-refractivity contribution in [2.24, 2.45) is 0 Å². The number of nitriles is 1. The zero-order valence-electron chi connectivity index (χ0n) is 22.0. The number of hydrogen-bond donors (Lipinski definition) is 1. The molecule has 0 aliphatic carbocycles. The number of aromatic nitrogens is 3. The number of phenolic OH excluding ortho intramolecular Hbond substituents is 1. The molecule has 5 rings (SSSR count). The van der Waals surface area contributed by atoms with Gasteiger partial charge in [-0.1, -0.05) is 24.3 Å². The summed E-state index contributed by atoms with van der Waals surface area (Å²) in [5.41, 5.74) is 3.67. The lowest BCUT2D eigenvalue weighted by Crippen LogP contribution is -2.48. The lowest BCUT2D eigenvalue weighted by Gasteiger charge is -2.35. The largest absolute Gasteiger partial charge is 0.507 e. The Balaban J connectivity index is 1.26. The minimum absolute atomic E-state index is 0.0100. The van der Waals surface area contributed by atoms with Gasteiger partial charge in [0.15, 0.2) is 0 Å². The molecule has 1 N–H and O–H groups in total. The van der Waals surface area contributed by atoms with Crippen LogP contribution in [0.2, 0.25) is 0 Å². The molecule has 0 radical (unpaired) electrons. The molecule has 0 spiro atoms. The molecule has 4 aromatic rings. The zero-order chi connectivity index (χ0) is 27.4. The van der Waals surface area contributed by atoms with E-state index in [-0.39, 0.29) is 11.7 Å². The summed E-state index contributed by atoms with van der Waals surface area (Å²) in [5.74, 6) is 1.68. The third kappa shape index (κ3) is 5.92. The van der Waals surface area contributed by atoms with E-state index >= 15 is 0 Å². The van der Waals surface area contributed by atoms with Gasteiger partial charge in [0.25, 0.3) is 5.91 Å². The summed E-state index contributed by atoms with van der Waals surface area (Å²) in [5, 5.41) is 19.6. The molecule has 1 fully saturated rings. The summed E-state index contributed by atoms with van der Waals surface area (Å²) in [6, 6.07) is 20.0. The van der Waals surface area contributed by atoms with Gasteiger partial charge in [-0.25, -0.2) is 9.97 Å². The maximum atomic E-state index is 12.9. The van der Waals surface area contributed by atoms with Gasteiger partial charge in [-0.05, 0) is 49.7 Å². The first-order chi connectivity index (χ1) is 18.9. The SMILES string of the molecule is Cc1cccc(Oc2cc(Cn3c(CN4CCN(C(=O)c5ccccc5O)CC4)cnc3C)ccc2C#N)n1. The molecule has 198 valence electrons. The maximum absolute atomic E-state index is 12.9. The first kappa shape index (κ1) is 25.9. The monoisotopic (exact) mass is 522 g/mol. The third-order valence-electron chi connectivity index (χ3n) is 6.90. The lowest BCUT2D eigenvalue weighted by atomic mass is 10.1. The fourth-order valence-electron chi connectivity index (χ4n) is 4.73. The van der Waals surface area contributed by atoms with Crippen LogP contribution in [0, 0.1) is 25.2 Å². The Bertz CT molecular complexity index is 1530. The highest BCUT2D eigenvalue weighted by Crippen LogP contribution is 2.26. The average Bonchev–Trinajstić information content (AvgIpc) is 3.27. The van der Waals surface area contributed by atoms with Gasteiger partial charge in [0, 0.05) is 57.2 Å². The van der Waals surface area contributed by atoms with E-state index in [2.05, 4.69) is 25.5 Å². The molecular weight excluding hydrogens is 492 g/mol. The Morgan fingerprint density at radius 3 is 2.56 bits per heavy atom. The summed E-state index contributed by atoms with van der Waals surface area (Å²) in [6.45, 7) is 7.77. The van der Waals surface area contributed by atoms with Gasteiger partial charge in [0.05, 0.1) is 16.8 Å². The van der Waals surface area contributed by atoms with Gasteiger partial charge in [-0.2, -0.15) is 5.26 Å². The number of carbonyl (C=O) groups excluding carboxylic acids is 1. The van der Waals surface area contributed by atoms with E-state index in [9.17, 15) is 15.2 Å². The van der Waals surface area contributed by atoms with Crippen LogP contribution in [0.25, 0.3) is 0 Å². The van der Waals surface area contributed by atoms with Crippen LogP contribution in [0.15, 0.2) is 66.9 Å². The minimum Gasteiger partial charge on any atom is -0.507 e.